The van der Waals surface area contributed by atoms with Gasteiger partial charge in [0.2, 0.25) is 0 Å². The summed E-state index contributed by atoms with van der Waals surface area (Å²) in [5.41, 5.74) is -2.46. The van der Waals surface area contributed by atoms with E-state index in [1.54, 1.807) is 0 Å². The van der Waals surface area contributed by atoms with Crippen molar-refractivity contribution in [1.29, 1.82) is 0 Å². The molecule has 0 bridgehead atoms. The van der Waals surface area contributed by atoms with Crippen molar-refractivity contribution in [3.8, 4) is 5.75 Å². The van der Waals surface area contributed by atoms with Crippen molar-refractivity contribution >= 4 is 11.8 Å². The number of nitro groups is 1. The van der Waals surface area contributed by atoms with Crippen LogP contribution in [0.3, 0.4) is 0 Å². The second-order valence-electron chi connectivity index (χ2n) is 6.96. The largest absolute Gasteiger partial charge is 0.493 e. The van der Waals surface area contributed by atoms with Gasteiger partial charge in [0.05, 0.1) is 12.2 Å². The molecule has 1 fully saturated rings. The molecule has 7 nitrogen and oxygen atoms in total. The van der Waals surface area contributed by atoms with Gasteiger partial charge in [0.25, 0.3) is 0 Å². The molecule has 1 saturated carbocycles. The molecule has 10 heteroatoms. The number of hydrazine groups is 1. The van der Waals surface area contributed by atoms with Crippen molar-refractivity contribution in [3.63, 3.8) is 0 Å². The fourth-order valence-electron chi connectivity index (χ4n) is 2.06. The first-order valence-corrected chi connectivity index (χ1v) is 7.90. The van der Waals surface area contributed by atoms with Gasteiger partial charge in [-0.15, -0.1) is 0 Å². The summed E-state index contributed by atoms with van der Waals surface area (Å²) < 4.78 is 49.6. The van der Waals surface area contributed by atoms with E-state index in [1.807, 2.05) is 0 Å². The van der Waals surface area contributed by atoms with Crippen LogP contribution < -0.4 is 9.75 Å². The normalized spacial score (nSPS) is 14.7. The third kappa shape index (κ3) is 5.24. The Labute approximate surface area is 147 Å². The Morgan fingerprint density at radius 3 is 2.38 bits per heavy atom. The van der Waals surface area contributed by atoms with E-state index in [-0.39, 0.29) is 23.2 Å². The Kier molecular flexibility index (Phi) is 5.33. The molecule has 0 radical (unpaired) electrons. The SMILES string of the molecule is CC(C)(C)OC(=O)N(c1ccc(C(F)(F)F)c(OCC2CC2)c1)[N+](=O)[O-]. The Morgan fingerprint density at radius 2 is 1.92 bits per heavy atom. The van der Waals surface area contributed by atoms with Gasteiger partial charge in [-0.05, 0) is 51.7 Å². The van der Waals surface area contributed by atoms with E-state index in [9.17, 15) is 28.1 Å². The fraction of sp³-hybridized carbons (Fsp3) is 0.562. The zero-order valence-electron chi connectivity index (χ0n) is 14.5. The van der Waals surface area contributed by atoms with Crippen LogP contribution in [0.4, 0.5) is 23.7 Å². The number of anilines is 1. The van der Waals surface area contributed by atoms with E-state index in [4.69, 9.17) is 9.47 Å². The lowest BCUT2D eigenvalue weighted by Gasteiger charge is -2.22. The summed E-state index contributed by atoms with van der Waals surface area (Å²) in [5, 5.41) is 10.3. The smallest absolute Gasteiger partial charge is 0.473 e. The minimum atomic E-state index is -4.69. The molecule has 0 N–H and O–H groups in total. The monoisotopic (exact) mass is 376 g/mol. The third-order valence-corrected chi connectivity index (χ3v) is 3.42. The Hall–Kier alpha value is -2.52. The van der Waals surface area contributed by atoms with Crippen molar-refractivity contribution in [1.82, 2.24) is 0 Å². The lowest BCUT2D eigenvalue weighted by molar-refractivity contribution is -0.484. The topological polar surface area (TPSA) is 81.9 Å². The van der Waals surface area contributed by atoms with Crippen molar-refractivity contribution in [2.45, 2.75) is 45.4 Å². The lowest BCUT2D eigenvalue weighted by atomic mass is 10.1. The zero-order valence-corrected chi connectivity index (χ0v) is 14.5. The second-order valence-corrected chi connectivity index (χ2v) is 6.96. The molecule has 26 heavy (non-hydrogen) atoms. The summed E-state index contributed by atoms with van der Waals surface area (Å²) in [6.45, 7) is 4.62. The number of carbonyl (C=O) groups is 1. The van der Waals surface area contributed by atoms with Crippen molar-refractivity contribution in [2.24, 2.45) is 5.92 Å². The predicted molar refractivity (Wildman–Crippen MR) is 85.4 cm³/mol. The first-order chi connectivity index (χ1) is 11.9. The van der Waals surface area contributed by atoms with E-state index in [0.717, 1.165) is 25.0 Å². The molecule has 1 amide bonds. The van der Waals surface area contributed by atoms with Gasteiger partial charge < -0.3 is 9.47 Å². The van der Waals surface area contributed by atoms with E-state index in [1.165, 1.54) is 20.8 Å². The van der Waals surface area contributed by atoms with Crippen LogP contribution >= 0.6 is 0 Å². The minimum absolute atomic E-state index is 0.0510. The van der Waals surface area contributed by atoms with E-state index in [0.29, 0.717) is 6.07 Å². The number of nitrogens with zero attached hydrogens (tertiary/aromatic N) is 2. The van der Waals surface area contributed by atoms with Crippen molar-refractivity contribution < 1.29 is 32.5 Å². The number of ether oxygens (including phenoxy) is 2. The molecule has 1 aliphatic carbocycles. The summed E-state index contributed by atoms with van der Waals surface area (Å²) >= 11 is 0. The van der Waals surface area contributed by atoms with Gasteiger partial charge >= 0.3 is 12.3 Å². The number of alkyl halides is 3. The van der Waals surface area contributed by atoms with Crippen LogP contribution in [0.1, 0.15) is 39.2 Å². The molecule has 0 heterocycles. The molecular weight excluding hydrogens is 357 g/mol. The van der Waals surface area contributed by atoms with Crippen molar-refractivity contribution in [3.05, 3.63) is 33.9 Å². The zero-order chi connectivity index (χ0) is 19.7. The average molecular weight is 376 g/mol. The number of benzene rings is 1. The molecule has 0 aliphatic heterocycles. The number of carbonyl (C=O) groups excluding carboxylic acids is 1. The molecule has 0 aromatic heterocycles. The van der Waals surface area contributed by atoms with Crippen LogP contribution in [0.2, 0.25) is 0 Å². The van der Waals surface area contributed by atoms with Gasteiger partial charge in [-0.1, -0.05) is 0 Å². The van der Waals surface area contributed by atoms with Gasteiger partial charge in [-0.3, -0.25) is 0 Å². The van der Waals surface area contributed by atoms with E-state index >= 15 is 0 Å². The van der Waals surface area contributed by atoms with E-state index < -0.39 is 34.2 Å². The maximum Gasteiger partial charge on any atom is 0.473 e. The van der Waals surface area contributed by atoms with E-state index in [2.05, 4.69) is 0 Å². The highest BCUT2D eigenvalue weighted by Crippen LogP contribution is 2.40. The summed E-state index contributed by atoms with van der Waals surface area (Å²) in [6.07, 6.45) is -4.28. The van der Waals surface area contributed by atoms with Crippen LogP contribution in [0.25, 0.3) is 0 Å². The fourth-order valence-corrected chi connectivity index (χ4v) is 2.06. The van der Waals surface area contributed by atoms with Gasteiger partial charge in [0.1, 0.15) is 17.0 Å². The highest BCUT2D eigenvalue weighted by Gasteiger charge is 2.38. The number of halogens is 3. The van der Waals surface area contributed by atoms with Gasteiger partial charge in [-0.25, -0.2) is 14.9 Å². The van der Waals surface area contributed by atoms with Crippen LogP contribution in [0.5, 0.6) is 5.75 Å². The summed E-state index contributed by atoms with van der Waals surface area (Å²) in [7, 11) is 0. The number of rotatable bonds is 5. The molecular formula is C16H19F3N2O5. The quantitative estimate of drug-likeness (QED) is 0.561. The van der Waals surface area contributed by atoms with Crippen LogP contribution in [-0.4, -0.2) is 23.3 Å². The first-order valence-electron chi connectivity index (χ1n) is 7.90. The standard InChI is InChI=1S/C16H19F3N2O5/c1-15(2,3)26-14(22)20(21(23)24)11-6-7-12(16(17,18)19)13(8-11)25-9-10-4-5-10/h6-8,10H,4-5,9H2,1-3H3. The maximum absolute atomic E-state index is 13.1. The van der Waals surface area contributed by atoms with Crippen LogP contribution in [0, 0.1) is 16.0 Å². The highest BCUT2D eigenvalue weighted by atomic mass is 19.4. The summed E-state index contributed by atoms with van der Waals surface area (Å²) in [4.78, 5) is 23.3. The van der Waals surface area contributed by atoms with Crippen LogP contribution in [-0.2, 0) is 10.9 Å². The Balaban J connectivity index is 2.37. The Morgan fingerprint density at radius 1 is 1.31 bits per heavy atom. The summed E-state index contributed by atoms with van der Waals surface area (Å²) in [5.74, 6) is -0.380. The van der Waals surface area contributed by atoms with Gasteiger partial charge in [0, 0.05) is 11.1 Å². The average Bonchev–Trinajstić information content (AvgIpc) is 3.25. The van der Waals surface area contributed by atoms with Crippen molar-refractivity contribution in [2.75, 3.05) is 11.6 Å². The maximum atomic E-state index is 13.1. The molecule has 1 aromatic carbocycles. The minimum Gasteiger partial charge on any atom is -0.493 e. The molecule has 144 valence electrons. The number of hydrogen-bond acceptors (Lipinski definition) is 5. The second kappa shape index (κ2) is 7.00. The molecule has 1 aliphatic rings. The molecule has 0 unspecified atom stereocenters. The number of hydrogen-bond donors (Lipinski definition) is 0. The molecule has 0 saturated heterocycles. The van der Waals surface area contributed by atoms with Gasteiger partial charge in [-0.2, -0.15) is 13.2 Å². The van der Waals surface area contributed by atoms with Gasteiger partial charge in [0.15, 0.2) is 5.03 Å². The third-order valence-electron chi connectivity index (χ3n) is 3.42. The Bertz CT molecular complexity index is 696. The molecule has 0 atom stereocenters. The first kappa shape index (κ1) is 19.8. The lowest BCUT2D eigenvalue weighted by Crippen LogP contribution is -2.40. The molecule has 0 spiro atoms. The highest BCUT2D eigenvalue weighted by molar-refractivity contribution is 5.85. The predicted octanol–water partition coefficient (Wildman–Crippen LogP) is 4.43. The number of amides is 1. The molecule has 2 rings (SSSR count). The summed E-state index contributed by atoms with van der Waals surface area (Å²) in [6, 6.07) is 2.32. The van der Waals surface area contributed by atoms with Crippen LogP contribution in [0.15, 0.2) is 18.2 Å². The molecule has 1 aromatic rings.